The van der Waals surface area contributed by atoms with Crippen molar-refractivity contribution in [1.29, 1.82) is 0 Å². The molecule has 0 saturated carbocycles. The minimum atomic E-state index is 0.345. The van der Waals surface area contributed by atoms with Crippen LogP contribution in [-0.2, 0) is 13.0 Å². The molecule has 1 saturated heterocycles. The Morgan fingerprint density at radius 1 is 1.00 bits per heavy atom. The van der Waals surface area contributed by atoms with Gasteiger partial charge in [0.05, 0.1) is 12.2 Å². The van der Waals surface area contributed by atoms with E-state index in [1.165, 1.54) is 11.1 Å². The average molecular weight is 439 g/mol. The van der Waals surface area contributed by atoms with Crippen molar-refractivity contribution in [3.05, 3.63) is 89.9 Å². The summed E-state index contributed by atoms with van der Waals surface area (Å²) >= 11 is 0. The zero-order chi connectivity index (χ0) is 22.6. The number of hydrogen-bond acceptors (Lipinski definition) is 5. The molecule has 5 heteroatoms. The highest BCUT2D eigenvalue weighted by Gasteiger charge is 2.27. The van der Waals surface area contributed by atoms with Crippen molar-refractivity contribution in [3.63, 3.8) is 0 Å². The number of furan rings is 1. The fraction of sp³-hybridized carbons (Fsp3) is 0.321. The van der Waals surface area contributed by atoms with E-state index in [1.807, 2.05) is 18.3 Å². The Balaban J connectivity index is 1.49. The lowest BCUT2D eigenvalue weighted by Gasteiger charge is -2.33. The quantitative estimate of drug-likeness (QED) is 0.367. The predicted molar refractivity (Wildman–Crippen MR) is 131 cm³/mol. The van der Waals surface area contributed by atoms with Gasteiger partial charge in [0, 0.05) is 48.6 Å². The Morgan fingerprint density at radius 3 is 2.61 bits per heavy atom. The summed E-state index contributed by atoms with van der Waals surface area (Å²) in [5.41, 5.74) is 5.74. The zero-order valence-corrected chi connectivity index (χ0v) is 19.4. The molecule has 4 heterocycles. The molecule has 1 aliphatic heterocycles. The van der Waals surface area contributed by atoms with Crippen LogP contribution in [0.4, 0.5) is 0 Å². The van der Waals surface area contributed by atoms with E-state index >= 15 is 0 Å². The molecule has 4 aromatic rings. The minimum absolute atomic E-state index is 0.345. The number of rotatable bonds is 6. The minimum Gasteiger partial charge on any atom is -0.465 e. The highest BCUT2D eigenvalue weighted by atomic mass is 16.3. The van der Waals surface area contributed by atoms with Gasteiger partial charge in [0.15, 0.2) is 5.82 Å². The summed E-state index contributed by atoms with van der Waals surface area (Å²) in [6.45, 7) is 7.18. The molecule has 0 spiro atoms. The van der Waals surface area contributed by atoms with Gasteiger partial charge in [-0.25, -0.2) is 9.97 Å². The van der Waals surface area contributed by atoms with E-state index in [1.54, 1.807) is 12.4 Å². The second-order valence-electron chi connectivity index (χ2n) is 8.84. The number of benzene rings is 1. The fourth-order valence-corrected chi connectivity index (χ4v) is 4.77. The molecular weight excluding hydrogens is 408 g/mol. The van der Waals surface area contributed by atoms with Crippen LogP contribution in [0.1, 0.15) is 48.5 Å². The Morgan fingerprint density at radius 2 is 1.82 bits per heavy atom. The van der Waals surface area contributed by atoms with Crippen molar-refractivity contribution in [2.24, 2.45) is 0 Å². The van der Waals surface area contributed by atoms with E-state index < -0.39 is 0 Å². The number of piperidine rings is 1. The number of nitrogens with zero attached hydrogens (tertiary/aromatic N) is 4. The van der Waals surface area contributed by atoms with Gasteiger partial charge in [0.1, 0.15) is 11.5 Å². The van der Waals surface area contributed by atoms with Crippen LogP contribution in [0.3, 0.4) is 0 Å². The van der Waals surface area contributed by atoms with Crippen LogP contribution < -0.4 is 0 Å². The zero-order valence-electron chi connectivity index (χ0n) is 19.4. The van der Waals surface area contributed by atoms with Crippen molar-refractivity contribution in [2.75, 3.05) is 13.1 Å². The number of aromatic nitrogens is 3. The second kappa shape index (κ2) is 9.67. The maximum Gasteiger partial charge on any atom is 0.159 e. The van der Waals surface area contributed by atoms with Gasteiger partial charge in [0.2, 0.25) is 0 Å². The maximum atomic E-state index is 5.99. The van der Waals surface area contributed by atoms with Crippen molar-refractivity contribution in [2.45, 2.75) is 45.6 Å². The van der Waals surface area contributed by atoms with Gasteiger partial charge in [-0.3, -0.25) is 9.88 Å². The van der Waals surface area contributed by atoms with E-state index in [-0.39, 0.29) is 0 Å². The highest BCUT2D eigenvalue weighted by molar-refractivity contribution is 5.70. The Hall–Kier alpha value is -3.31. The van der Waals surface area contributed by atoms with Crippen LogP contribution in [0.15, 0.2) is 71.5 Å². The standard InChI is InChI=1S/C28H30N4O/c1-3-23-10-11-24(33-23)19-32-16-6-8-22(18-32)27-26(25-9-5-4-7-20(25)2)17-30-28(31-27)21-12-14-29-15-13-21/h4-5,7,9-15,17,22H,3,6,8,16,18-19H2,1-2H3/t22-/m1/s1. The second-order valence-corrected chi connectivity index (χ2v) is 8.84. The smallest absolute Gasteiger partial charge is 0.159 e. The molecule has 1 aromatic carbocycles. The summed E-state index contributed by atoms with van der Waals surface area (Å²) in [5, 5.41) is 0. The van der Waals surface area contributed by atoms with Gasteiger partial charge in [-0.05, 0) is 61.7 Å². The van der Waals surface area contributed by atoms with Gasteiger partial charge in [0.25, 0.3) is 0 Å². The summed E-state index contributed by atoms with van der Waals surface area (Å²) in [7, 11) is 0. The van der Waals surface area contributed by atoms with Crippen LogP contribution in [0.2, 0.25) is 0 Å². The molecule has 0 amide bonds. The van der Waals surface area contributed by atoms with Gasteiger partial charge >= 0.3 is 0 Å². The largest absolute Gasteiger partial charge is 0.465 e. The van der Waals surface area contributed by atoms with Crippen LogP contribution in [-0.4, -0.2) is 32.9 Å². The summed E-state index contributed by atoms with van der Waals surface area (Å²) < 4.78 is 5.99. The number of likely N-dealkylation sites (tertiary alicyclic amines) is 1. The molecule has 168 valence electrons. The van der Waals surface area contributed by atoms with Crippen molar-refractivity contribution >= 4 is 0 Å². The monoisotopic (exact) mass is 438 g/mol. The Bertz CT molecular complexity index is 1220. The first kappa shape index (κ1) is 21.5. The SMILES string of the molecule is CCc1ccc(CN2CCC[C@@H](c3nc(-c4ccncc4)ncc3-c3ccccc3C)C2)o1. The molecule has 5 rings (SSSR count). The van der Waals surface area contributed by atoms with Crippen LogP contribution in [0.25, 0.3) is 22.5 Å². The molecule has 0 radical (unpaired) electrons. The van der Waals surface area contributed by atoms with E-state index in [4.69, 9.17) is 14.4 Å². The first-order valence-electron chi connectivity index (χ1n) is 11.8. The lowest BCUT2D eigenvalue weighted by Crippen LogP contribution is -2.34. The summed E-state index contributed by atoms with van der Waals surface area (Å²) in [5.74, 6) is 3.21. The molecule has 1 fully saturated rings. The molecule has 3 aromatic heterocycles. The van der Waals surface area contributed by atoms with Crippen molar-refractivity contribution in [1.82, 2.24) is 19.9 Å². The van der Waals surface area contributed by atoms with Gasteiger partial charge in [-0.2, -0.15) is 0 Å². The highest BCUT2D eigenvalue weighted by Crippen LogP contribution is 2.35. The molecule has 1 aliphatic rings. The van der Waals surface area contributed by atoms with Crippen molar-refractivity contribution in [3.8, 4) is 22.5 Å². The van der Waals surface area contributed by atoms with Gasteiger partial charge in [-0.15, -0.1) is 0 Å². The van der Waals surface area contributed by atoms with E-state index in [0.29, 0.717) is 5.92 Å². The summed E-state index contributed by atoms with van der Waals surface area (Å²) in [4.78, 5) is 16.6. The topological polar surface area (TPSA) is 55.1 Å². The fourth-order valence-electron chi connectivity index (χ4n) is 4.77. The maximum absolute atomic E-state index is 5.99. The Labute approximate surface area is 195 Å². The van der Waals surface area contributed by atoms with Crippen LogP contribution >= 0.6 is 0 Å². The van der Waals surface area contributed by atoms with Crippen LogP contribution in [0, 0.1) is 6.92 Å². The van der Waals surface area contributed by atoms with E-state index in [9.17, 15) is 0 Å². The molecule has 1 atom stereocenters. The van der Waals surface area contributed by atoms with E-state index in [0.717, 1.165) is 73.1 Å². The van der Waals surface area contributed by atoms with Crippen molar-refractivity contribution < 1.29 is 4.42 Å². The van der Waals surface area contributed by atoms with E-state index in [2.05, 4.69) is 60.1 Å². The summed E-state index contributed by atoms with van der Waals surface area (Å²) in [6.07, 6.45) is 8.81. The molecule has 33 heavy (non-hydrogen) atoms. The first-order chi connectivity index (χ1) is 16.2. The third-order valence-electron chi connectivity index (χ3n) is 6.53. The normalized spacial score (nSPS) is 16.7. The molecule has 0 unspecified atom stereocenters. The molecule has 5 nitrogen and oxygen atoms in total. The molecular formula is C28H30N4O. The lowest BCUT2D eigenvalue weighted by molar-refractivity contribution is 0.184. The number of hydrogen-bond donors (Lipinski definition) is 0. The molecule has 0 aliphatic carbocycles. The van der Waals surface area contributed by atoms with Gasteiger partial charge < -0.3 is 4.42 Å². The lowest BCUT2D eigenvalue weighted by atomic mass is 9.88. The number of aryl methyl sites for hydroxylation is 2. The Kier molecular flexibility index (Phi) is 6.31. The van der Waals surface area contributed by atoms with Crippen LogP contribution in [0.5, 0.6) is 0 Å². The molecule has 0 N–H and O–H groups in total. The third kappa shape index (κ3) is 4.74. The predicted octanol–water partition coefficient (Wildman–Crippen LogP) is 6.05. The number of pyridine rings is 1. The summed E-state index contributed by atoms with van der Waals surface area (Å²) in [6, 6.07) is 16.7. The van der Waals surface area contributed by atoms with Gasteiger partial charge in [-0.1, -0.05) is 31.2 Å². The first-order valence-corrected chi connectivity index (χ1v) is 11.8. The molecule has 0 bridgehead atoms. The third-order valence-corrected chi connectivity index (χ3v) is 6.53. The average Bonchev–Trinajstić information content (AvgIpc) is 3.32.